The predicted molar refractivity (Wildman–Crippen MR) is 79.4 cm³/mol. The zero-order valence-corrected chi connectivity index (χ0v) is 13.6. The Balaban J connectivity index is 2.20. The summed E-state index contributed by atoms with van der Waals surface area (Å²) in [5.74, 6) is 2.25. The summed E-state index contributed by atoms with van der Waals surface area (Å²) in [5.41, 5.74) is -0.0742. The number of nitrogens with zero attached hydrogens (tertiary/aromatic N) is 2. The Bertz CT molecular complexity index is 578. The van der Waals surface area contributed by atoms with Crippen LogP contribution >= 0.6 is 27.5 Å². The van der Waals surface area contributed by atoms with Crippen LogP contribution < -0.4 is 9.47 Å². The number of ether oxygens (including phenoxy) is 2. The smallest absolute Gasteiger partial charge is 0.298 e. The molecule has 6 heteroatoms. The van der Waals surface area contributed by atoms with Crippen molar-refractivity contribution in [3.05, 3.63) is 28.5 Å². The number of hydrogen-bond acceptors (Lipinski definition) is 5. The summed E-state index contributed by atoms with van der Waals surface area (Å²) >= 11 is 4.70. The van der Waals surface area contributed by atoms with Crippen molar-refractivity contribution in [1.82, 2.24) is 9.36 Å². The summed E-state index contributed by atoms with van der Waals surface area (Å²) in [4.78, 5) is 4.39. The maximum Gasteiger partial charge on any atom is 0.298 e. The lowest BCUT2D eigenvalue weighted by atomic mass is 9.96. The van der Waals surface area contributed by atoms with Crippen LogP contribution in [0.25, 0.3) is 0 Å². The van der Waals surface area contributed by atoms with E-state index in [0.717, 1.165) is 16.0 Å². The number of benzene rings is 1. The molecule has 0 atom stereocenters. The minimum Gasteiger partial charge on any atom is -0.497 e. The lowest BCUT2D eigenvalue weighted by molar-refractivity contribution is 0.412. The molecule has 0 fully saturated rings. The highest BCUT2D eigenvalue weighted by Gasteiger charge is 2.20. The number of rotatable bonds is 3. The normalized spacial score (nSPS) is 11.4. The molecule has 0 aliphatic heterocycles. The summed E-state index contributed by atoms with van der Waals surface area (Å²) in [6.45, 7) is 6.21. The van der Waals surface area contributed by atoms with Crippen molar-refractivity contribution in [2.24, 2.45) is 0 Å². The van der Waals surface area contributed by atoms with Crippen molar-refractivity contribution in [2.45, 2.75) is 26.2 Å². The fraction of sp³-hybridized carbons (Fsp3) is 0.385. The molecule has 0 spiro atoms. The van der Waals surface area contributed by atoms with Crippen molar-refractivity contribution in [1.29, 1.82) is 0 Å². The van der Waals surface area contributed by atoms with Crippen LogP contribution in [0.3, 0.4) is 0 Å². The van der Waals surface area contributed by atoms with E-state index in [1.54, 1.807) is 7.11 Å². The van der Waals surface area contributed by atoms with Crippen LogP contribution in [0.5, 0.6) is 16.7 Å². The Labute approximate surface area is 125 Å². The summed E-state index contributed by atoms with van der Waals surface area (Å²) in [6, 6.07) is 5.52. The van der Waals surface area contributed by atoms with Gasteiger partial charge in [0, 0.05) is 16.9 Å². The maximum absolute atomic E-state index is 5.73. The summed E-state index contributed by atoms with van der Waals surface area (Å²) in [6.07, 6.45) is 0. The molecule has 0 saturated heterocycles. The standard InChI is InChI=1S/C13H15BrN2O2S/c1-13(2,3)11-15-12(19-16-11)18-10-6-5-8(17-4)7-9(10)14/h5-7H,1-4H3. The molecule has 0 bridgehead atoms. The highest BCUT2D eigenvalue weighted by molar-refractivity contribution is 9.10. The van der Waals surface area contributed by atoms with E-state index >= 15 is 0 Å². The lowest BCUT2D eigenvalue weighted by Crippen LogP contribution is -2.12. The van der Waals surface area contributed by atoms with Crippen LogP contribution in [0.2, 0.25) is 0 Å². The first-order valence-electron chi connectivity index (χ1n) is 5.76. The van der Waals surface area contributed by atoms with Crippen molar-refractivity contribution in [3.8, 4) is 16.7 Å². The molecule has 0 aliphatic carbocycles. The third kappa shape index (κ3) is 3.45. The second-order valence-electron chi connectivity index (χ2n) is 5.03. The van der Waals surface area contributed by atoms with Crippen molar-refractivity contribution >= 4 is 27.5 Å². The van der Waals surface area contributed by atoms with Gasteiger partial charge in [-0.15, -0.1) is 0 Å². The van der Waals surface area contributed by atoms with Crippen LogP contribution in [0.1, 0.15) is 26.6 Å². The molecule has 102 valence electrons. The molecule has 1 aromatic carbocycles. The van der Waals surface area contributed by atoms with E-state index in [1.165, 1.54) is 11.5 Å². The van der Waals surface area contributed by atoms with Gasteiger partial charge in [-0.05, 0) is 34.1 Å². The largest absolute Gasteiger partial charge is 0.497 e. The maximum atomic E-state index is 5.73. The summed E-state index contributed by atoms with van der Waals surface area (Å²) in [5, 5.41) is 0.538. The Morgan fingerprint density at radius 1 is 1.26 bits per heavy atom. The zero-order valence-electron chi connectivity index (χ0n) is 11.2. The van der Waals surface area contributed by atoms with E-state index in [2.05, 4.69) is 46.1 Å². The van der Waals surface area contributed by atoms with Gasteiger partial charge >= 0.3 is 0 Å². The number of aromatic nitrogens is 2. The van der Waals surface area contributed by atoms with Crippen LogP contribution in [-0.4, -0.2) is 16.5 Å². The third-order valence-corrected chi connectivity index (χ3v) is 3.63. The van der Waals surface area contributed by atoms with Gasteiger partial charge in [0.05, 0.1) is 11.6 Å². The van der Waals surface area contributed by atoms with Gasteiger partial charge in [0.2, 0.25) is 0 Å². The van der Waals surface area contributed by atoms with Gasteiger partial charge in [0.25, 0.3) is 5.19 Å². The van der Waals surface area contributed by atoms with Gasteiger partial charge in [0.15, 0.2) is 5.82 Å². The third-order valence-electron chi connectivity index (χ3n) is 2.41. The van der Waals surface area contributed by atoms with Crippen molar-refractivity contribution in [2.75, 3.05) is 7.11 Å². The molecule has 0 unspecified atom stereocenters. The quantitative estimate of drug-likeness (QED) is 0.829. The van der Waals surface area contributed by atoms with E-state index < -0.39 is 0 Å². The van der Waals surface area contributed by atoms with E-state index in [-0.39, 0.29) is 5.41 Å². The minimum atomic E-state index is -0.0742. The first-order chi connectivity index (χ1) is 8.90. The molecule has 4 nitrogen and oxygen atoms in total. The number of hydrogen-bond donors (Lipinski definition) is 0. The molecular formula is C13H15BrN2O2S. The number of halogens is 1. The van der Waals surface area contributed by atoms with Crippen molar-refractivity contribution in [3.63, 3.8) is 0 Å². The topological polar surface area (TPSA) is 44.2 Å². The molecule has 0 aliphatic rings. The Morgan fingerprint density at radius 3 is 2.53 bits per heavy atom. The molecule has 0 radical (unpaired) electrons. The molecule has 0 N–H and O–H groups in total. The van der Waals surface area contributed by atoms with Gasteiger partial charge in [-0.3, -0.25) is 0 Å². The van der Waals surface area contributed by atoms with Gasteiger partial charge in [0.1, 0.15) is 11.5 Å². The minimum absolute atomic E-state index is 0.0742. The first kappa shape index (κ1) is 14.3. The molecular weight excluding hydrogens is 328 g/mol. The van der Waals surface area contributed by atoms with E-state index in [1.807, 2.05) is 18.2 Å². The van der Waals surface area contributed by atoms with Gasteiger partial charge < -0.3 is 9.47 Å². The highest BCUT2D eigenvalue weighted by Crippen LogP contribution is 2.34. The first-order valence-corrected chi connectivity index (χ1v) is 7.32. The average Bonchev–Trinajstić information content (AvgIpc) is 2.80. The summed E-state index contributed by atoms with van der Waals surface area (Å²) < 4.78 is 16.0. The second-order valence-corrected chi connectivity index (χ2v) is 6.60. The summed E-state index contributed by atoms with van der Waals surface area (Å²) in [7, 11) is 1.63. The molecule has 19 heavy (non-hydrogen) atoms. The Kier molecular flexibility index (Phi) is 4.10. The van der Waals surface area contributed by atoms with Crippen molar-refractivity contribution < 1.29 is 9.47 Å². The van der Waals surface area contributed by atoms with Crippen LogP contribution in [-0.2, 0) is 5.41 Å². The van der Waals surface area contributed by atoms with Gasteiger partial charge in [-0.1, -0.05) is 20.8 Å². The Hall–Kier alpha value is -1.14. The molecule has 1 aromatic heterocycles. The fourth-order valence-electron chi connectivity index (χ4n) is 1.34. The van der Waals surface area contributed by atoms with E-state index in [0.29, 0.717) is 10.9 Å². The van der Waals surface area contributed by atoms with Crippen LogP contribution in [0.15, 0.2) is 22.7 Å². The number of methoxy groups -OCH3 is 1. The van der Waals surface area contributed by atoms with E-state index in [9.17, 15) is 0 Å². The monoisotopic (exact) mass is 342 g/mol. The average molecular weight is 343 g/mol. The second kappa shape index (κ2) is 5.46. The fourth-order valence-corrected chi connectivity index (χ4v) is 2.51. The lowest BCUT2D eigenvalue weighted by Gasteiger charge is -2.12. The highest BCUT2D eigenvalue weighted by atomic mass is 79.9. The zero-order chi connectivity index (χ0) is 14.0. The molecule has 0 saturated carbocycles. The van der Waals surface area contributed by atoms with Gasteiger partial charge in [-0.2, -0.15) is 9.36 Å². The van der Waals surface area contributed by atoms with Gasteiger partial charge in [-0.25, -0.2) is 0 Å². The molecule has 2 rings (SSSR count). The SMILES string of the molecule is COc1ccc(Oc2nc(C(C)(C)C)ns2)c(Br)c1. The molecule has 0 amide bonds. The predicted octanol–water partition coefficient (Wildman–Crippen LogP) is 4.40. The van der Waals surface area contributed by atoms with E-state index in [4.69, 9.17) is 9.47 Å². The van der Waals surface area contributed by atoms with Crippen LogP contribution in [0.4, 0.5) is 0 Å². The Morgan fingerprint density at radius 2 is 2.00 bits per heavy atom. The molecule has 1 heterocycles. The van der Waals surface area contributed by atoms with Crippen LogP contribution in [0, 0.1) is 0 Å². The molecule has 2 aromatic rings.